The summed E-state index contributed by atoms with van der Waals surface area (Å²) >= 11 is 0. The highest BCUT2D eigenvalue weighted by atomic mass is 28.4. The highest BCUT2D eigenvalue weighted by Crippen LogP contribution is 2.63. The minimum atomic E-state index is -2.48. The Morgan fingerprint density at radius 1 is 0.906 bits per heavy atom. The molecule has 2 aromatic rings. The summed E-state index contributed by atoms with van der Waals surface area (Å²) in [6.07, 6.45) is 9.97. The molecular weight excluding hydrogens is 404 g/mol. The van der Waals surface area contributed by atoms with Crippen molar-refractivity contribution < 1.29 is 4.43 Å². The lowest BCUT2D eigenvalue weighted by molar-refractivity contribution is 0.119. The fraction of sp³-hybridized carbons (Fsp3) is 0.467. The zero-order valence-corrected chi connectivity index (χ0v) is 21.4. The van der Waals surface area contributed by atoms with E-state index in [0.717, 1.165) is 6.61 Å². The van der Waals surface area contributed by atoms with Gasteiger partial charge in [0.15, 0.2) is 0 Å². The summed E-state index contributed by atoms with van der Waals surface area (Å²) in [7, 11) is -2.48. The van der Waals surface area contributed by atoms with E-state index in [1.807, 2.05) is 0 Å². The van der Waals surface area contributed by atoms with E-state index >= 15 is 0 Å². The molecule has 0 bridgehead atoms. The van der Waals surface area contributed by atoms with Crippen molar-refractivity contribution in [3.63, 3.8) is 0 Å². The van der Waals surface area contributed by atoms with Crippen LogP contribution in [0, 0.1) is 16.7 Å². The molecule has 1 nitrogen and oxygen atoms in total. The molecule has 2 fully saturated rings. The van der Waals surface area contributed by atoms with E-state index in [1.54, 1.807) is 11.1 Å². The van der Waals surface area contributed by atoms with E-state index in [2.05, 4.69) is 107 Å². The van der Waals surface area contributed by atoms with E-state index < -0.39 is 8.32 Å². The van der Waals surface area contributed by atoms with Crippen molar-refractivity contribution in [3.05, 3.63) is 84.0 Å². The topological polar surface area (TPSA) is 9.23 Å². The van der Waals surface area contributed by atoms with Crippen LogP contribution in [0.1, 0.15) is 60.3 Å². The normalized spacial score (nSPS) is 29.5. The predicted molar refractivity (Wildman–Crippen MR) is 138 cm³/mol. The van der Waals surface area contributed by atoms with Crippen molar-refractivity contribution in [1.82, 2.24) is 0 Å². The maximum Gasteiger partial charge on any atom is 0.261 e. The van der Waals surface area contributed by atoms with Crippen LogP contribution in [-0.4, -0.2) is 14.9 Å². The van der Waals surface area contributed by atoms with Crippen molar-refractivity contribution in [2.75, 3.05) is 6.61 Å². The van der Waals surface area contributed by atoms with Gasteiger partial charge in [0.1, 0.15) is 0 Å². The molecule has 0 unspecified atom stereocenters. The first kappa shape index (κ1) is 21.9. The van der Waals surface area contributed by atoms with Gasteiger partial charge in [-0.25, -0.2) is 0 Å². The van der Waals surface area contributed by atoms with Crippen molar-refractivity contribution in [1.29, 1.82) is 0 Å². The average molecular weight is 443 g/mol. The molecule has 0 amide bonds. The van der Waals surface area contributed by atoms with E-state index in [-0.39, 0.29) is 10.5 Å². The lowest BCUT2D eigenvalue weighted by Crippen LogP contribution is -2.67. The van der Waals surface area contributed by atoms with E-state index in [9.17, 15) is 0 Å². The molecule has 168 valence electrons. The summed E-state index contributed by atoms with van der Waals surface area (Å²) in [6.45, 7) is 13.0. The van der Waals surface area contributed by atoms with Crippen LogP contribution in [0.4, 0.5) is 0 Å². The quantitative estimate of drug-likeness (QED) is 0.471. The van der Waals surface area contributed by atoms with Gasteiger partial charge >= 0.3 is 0 Å². The summed E-state index contributed by atoms with van der Waals surface area (Å²) in [5.74, 6) is 0.712. The molecular formula is C30H38OSi. The molecule has 0 spiro atoms. The van der Waals surface area contributed by atoms with Crippen LogP contribution in [0.5, 0.6) is 0 Å². The van der Waals surface area contributed by atoms with Crippen LogP contribution in [0.25, 0.3) is 0 Å². The van der Waals surface area contributed by atoms with Gasteiger partial charge in [0.25, 0.3) is 8.32 Å². The van der Waals surface area contributed by atoms with Crippen molar-refractivity contribution in [2.24, 2.45) is 16.7 Å². The molecule has 2 saturated carbocycles. The minimum absolute atomic E-state index is 0.0331. The van der Waals surface area contributed by atoms with E-state index in [1.165, 1.54) is 36.1 Å². The second-order valence-electron chi connectivity index (χ2n) is 12.0. The van der Waals surface area contributed by atoms with Gasteiger partial charge in [-0.1, -0.05) is 119 Å². The molecule has 2 aromatic carbocycles. The first-order valence-corrected chi connectivity index (χ1v) is 14.2. The molecule has 0 aromatic heterocycles. The number of allylic oxidation sites excluding steroid dienone is 4. The zero-order valence-electron chi connectivity index (χ0n) is 20.4. The smallest absolute Gasteiger partial charge is 0.261 e. The van der Waals surface area contributed by atoms with Crippen LogP contribution < -0.4 is 10.4 Å². The average Bonchev–Trinajstić information content (AvgIpc) is 3.10. The molecule has 3 aliphatic carbocycles. The predicted octanol–water partition coefficient (Wildman–Crippen LogP) is 6.65. The maximum atomic E-state index is 7.37. The maximum absolute atomic E-state index is 7.37. The third-order valence-corrected chi connectivity index (χ3v) is 13.7. The third kappa shape index (κ3) is 3.30. The Kier molecular flexibility index (Phi) is 5.18. The second kappa shape index (κ2) is 7.57. The Hall–Kier alpha value is -1.90. The van der Waals surface area contributed by atoms with Crippen LogP contribution in [0.15, 0.2) is 84.0 Å². The molecule has 5 rings (SSSR count). The van der Waals surface area contributed by atoms with Crippen molar-refractivity contribution in [3.8, 4) is 0 Å². The zero-order chi connectivity index (χ0) is 22.6. The summed E-state index contributed by atoms with van der Waals surface area (Å²) in [5, 5.41) is 2.80. The number of benzene rings is 2. The van der Waals surface area contributed by atoms with Crippen LogP contribution >= 0.6 is 0 Å². The minimum Gasteiger partial charge on any atom is -0.407 e. The molecule has 2 heteroatoms. The lowest BCUT2D eigenvalue weighted by atomic mass is 9.55. The summed E-state index contributed by atoms with van der Waals surface area (Å²) < 4.78 is 7.37. The Morgan fingerprint density at radius 3 is 2.00 bits per heavy atom. The first-order chi connectivity index (χ1) is 15.2. The van der Waals surface area contributed by atoms with Crippen LogP contribution in [-0.2, 0) is 4.43 Å². The van der Waals surface area contributed by atoms with Crippen molar-refractivity contribution in [2.45, 2.75) is 65.3 Å². The molecule has 0 heterocycles. The Balaban J connectivity index is 1.49. The summed E-state index contributed by atoms with van der Waals surface area (Å²) in [4.78, 5) is 0. The first-order valence-electron chi connectivity index (χ1n) is 12.3. The van der Waals surface area contributed by atoms with Gasteiger partial charge in [-0.15, -0.1) is 0 Å². The largest absolute Gasteiger partial charge is 0.407 e. The van der Waals surface area contributed by atoms with Gasteiger partial charge in [-0.2, -0.15) is 0 Å². The molecule has 32 heavy (non-hydrogen) atoms. The summed E-state index contributed by atoms with van der Waals surface area (Å²) in [6, 6.07) is 22.2. The second-order valence-corrected chi connectivity index (χ2v) is 16.4. The molecule has 0 aliphatic heterocycles. The monoisotopic (exact) mass is 442 g/mol. The fourth-order valence-corrected chi connectivity index (χ4v) is 11.5. The van der Waals surface area contributed by atoms with Gasteiger partial charge in [-0.3, -0.25) is 0 Å². The van der Waals surface area contributed by atoms with Gasteiger partial charge in [-0.05, 0) is 57.8 Å². The summed E-state index contributed by atoms with van der Waals surface area (Å²) in [5.41, 5.74) is 3.97. The highest BCUT2D eigenvalue weighted by Gasteiger charge is 2.55. The Morgan fingerprint density at radius 2 is 1.50 bits per heavy atom. The van der Waals surface area contributed by atoms with Gasteiger partial charge in [0.2, 0.25) is 0 Å². The van der Waals surface area contributed by atoms with Crippen LogP contribution in [0.2, 0.25) is 5.04 Å². The number of hydrogen-bond acceptors (Lipinski definition) is 1. The third-order valence-electron chi connectivity index (χ3n) is 8.74. The van der Waals surface area contributed by atoms with Gasteiger partial charge < -0.3 is 4.43 Å². The highest BCUT2D eigenvalue weighted by molar-refractivity contribution is 6.99. The molecule has 3 aliphatic rings. The SMILES string of the molecule is CC(C)(C)[Si](OC[C@@]1(C)CC2=CC=C3CC[C@]3(C)[C@H]2C1)(c1ccccc1)c1ccccc1. The Labute approximate surface area is 195 Å². The van der Waals surface area contributed by atoms with Gasteiger partial charge in [0, 0.05) is 6.61 Å². The molecule has 0 radical (unpaired) electrons. The van der Waals surface area contributed by atoms with Gasteiger partial charge in [0.05, 0.1) is 0 Å². The number of rotatable bonds is 5. The standard InChI is InChI=1S/C30H38OSi/c1-28(2,3)32(25-12-8-6-9-13-25,26-14-10-7-11-15-26)31-22-29(4)20-23-16-17-24-18-19-30(24,5)27(23)21-29/h6-17,27H,18-22H2,1-5H3/t27-,29-,30-/m0/s1. The van der Waals surface area contributed by atoms with E-state index in [4.69, 9.17) is 4.43 Å². The molecule has 3 atom stereocenters. The lowest BCUT2D eigenvalue weighted by Gasteiger charge is -2.49. The van der Waals surface area contributed by atoms with E-state index in [0.29, 0.717) is 11.3 Å². The number of hydrogen-bond donors (Lipinski definition) is 0. The van der Waals surface area contributed by atoms with Crippen LogP contribution in [0.3, 0.4) is 0 Å². The van der Waals surface area contributed by atoms with Crippen molar-refractivity contribution >= 4 is 18.7 Å². The number of fused-ring (bicyclic) bond motifs is 3. The Bertz CT molecular complexity index is 1010. The fourth-order valence-electron chi connectivity index (χ4n) is 6.82. The molecule has 0 N–H and O–H groups in total. The molecule has 0 saturated heterocycles.